The van der Waals surface area contributed by atoms with Gasteiger partial charge in [-0.15, -0.1) is 0 Å². The van der Waals surface area contributed by atoms with Gasteiger partial charge in [0.1, 0.15) is 11.3 Å². The van der Waals surface area contributed by atoms with E-state index >= 15 is 0 Å². The molecule has 0 bridgehead atoms. The van der Waals surface area contributed by atoms with Gasteiger partial charge in [-0.1, -0.05) is 23.8 Å². The molecule has 188 valence electrons. The number of nitrogens with one attached hydrogen (secondary N) is 1. The Balaban J connectivity index is 1.35. The molecule has 9 heteroatoms. The van der Waals surface area contributed by atoms with Gasteiger partial charge >= 0.3 is 0 Å². The van der Waals surface area contributed by atoms with Crippen LogP contribution in [-0.4, -0.2) is 94.1 Å². The number of pyridine rings is 1. The molecule has 6 rings (SSSR count). The van der Waals surface area contributed by atoms with E-state index in [1.807, 2.05) is 16.9 Å². The lowest BCUT2D eigenvalue weighted by atomic mass is 10.1. The Labute approximate surface area is 211 Å². The van der Waals surface area contributed by atoms with Crippen LogP contribution in [-0.2, 0) is 11.3 Å². The Kier molecular flexibility index (Phi) is 6.20. The van der Waals surface area contributed by atoms with Crippen molar-refractivity contribution in [3.05, 3.63) is 54.0 Å². The van der Waals surface area contributed by atoms with Gasteiger partial charge in [0.25, 0.3) is 0 Å². The van der Waals surface area contributed by atoms with Gasteiger partial charge in [-0.3, -0.25) is 4.90 Å². The van der Waals surface area contributed by atoms with Gasteiger partial charge in [-0.05, 0) is 39.6 Å². The normalized spacial score (nSPS) is 19.1. The number of anilines is 1. The highest BCUT2D eigenvalue weighted by molar-refractivity contribution is 5.87. The summed E-state index contributed by atoms with van der Waals surface area (Å²) in [6, 6.07) is 13.2. The molecule has 5 heterocycles. The van der Waals surface area contributed by atoms with Crippen molar-refractivity contribution in [2.24, 2.45) is 0 Å². The first-order chi connectivity index (χ1) is 17.5. The van der Waals surface area contributed by atoms with Crippen LogP contribution in [0.3, 0.4) is 0 Å². The summed E-state index contributed by atoms with van der Waals surface area (Å²) in [5.41, 5.74) is 6.07. The van der Waals surface area contributed by atoms with Gasteiger partial charge in [0.2, 0.25) is 0 Å². The van der Waals surface area contributed by atoms with Gasteiger partial charge in [0.05, 0.1) is 31.1 Å². The molecule has 3 aromatic heterocycles. The molecule has 1 aromatic carbocycles. The molecule has 0 saturated carbocycles. The minimum Gasteiger partial charge on any atom is -0.378 e. The van der Waals surface area contributed by atoms with Crippen LogP contribution in [0, 0.1) is 6.92 Å². The first kappa shape index (κ1) is 23.1. The van der Waals surface area contributed by atoms with E-state index in [1.165, 1.54) is 12.0 Å². The Morgan fingerprint density at radius 2 is 1.94 bits per heavy atom. The molecule has 4 aromatic rings. The maximum atomic E-state index is 5.62. The van der Waals surface area contributed by atoms with Crippen molar-refractivity contribution in [2.75, 3.05) is 58.4 Å². The SMILES string of the molecule is Cc1cccc(-c2ccn(-c3cc(N4CCOCC4)c4nc(CN5CC[C@@H](N(C)C)C5)[nH]c4n3)n2)c1. The van der Waals surface area contributed by atoms with Crippen molar-refractivity contribution >= 4 is 16.9 Å². The summed E-state index contributed by atoms with van der Waals surface area (Å²) in [7, 11) is 4.32. The standard InChI is InChI=1S/C27H34N8O/c1-19-5-4-6-20(15-19)22-8-10-35(31-22)25-16-23(34-11-13-36-14-12-34)26-27(30-25)29-24(28-26)18-33-9-7-21(17-33)32(2)3/h4-6,8,10,15-16,21H,7,9,11-14,17-18H2,1-3H3,(H,28,29,30)/t21-/m1/s1. The number of aryl methyl sites for hydroxylation is 1. The highest BCUT2D eigenvalue weighted by Gasteiger charge is 2.25. The van der Waals surface area contributed by atoms with E-state index in [-0.39, 0.29) is 0 Å². The number of nitrogens with zero attached hydrogens (tertiary/aromatic N) is 7. The Morgan fingerprint density at radius 3 is 2.72 bits per heavy atom. The number of aromatic amines is 1. The summed E-state index contributed by atoms with van der Waals surface area (Å²) in [6.45, 7) is 8.17. The lowest BCUT2D eigenvalue weighted by Crippen LogP contribution is -2.36. The number of hydrogen-bond donors (Lipinski definition) is 1. The zero-order chi connectivity index (χ0) is 24.6. The van der Waals surface area contributed by atoms with Gasteiger partial charge < -0.3 is 19.5 Å². The summed E-state index contributed by atoms with van der Waals surface area (Å²) in [5, 5.41) is 4.86. The predicted octanol–water partition coefficient (Wildman–Crippen LogP) is 3.09. The van der Waals surface area contributed by atoms with Gasteiger partial charge in [-0.25, -0.2) is 14.6 Å². The van der Waals surface area contributed by atoms with Gasteiger partial charge in [0.15, 0.2) is 11.5 Å². The number of H-pyrrole nitrogens is 1. The average Bonchev–Trinajstić information content (AvgIpc) is 3.64. The predicted molar refractivity (Wildman–Crippen MR) is 142 cm³/mol. The number of benzene rings is 1. The summed E-state index contributed by atoms with van der Waals surface area (Å²) in [5.74, 6) is 1.75. The smallest absolute Gasteiger partial charge is 0.162 e. The molecule has 1 atom stereocenters. The third kappa shape index (κ3) is 4.61. The van der Waals surface area contributed by atoms with Crippen LogP contribution in [0.4, 0.5) is 5.69 Å². The molecule has 1 N–H and O–H groups in total. The average molecular weight is 487 g/mol. The quantitative estimate of drug-likeness (QED) is 0.449. The van der Waals surface area contributed by atoms with Crippen LogP contribution in [0.2, 0.25) is 0 Å². The lowest BCUT2D eigenvalue weighted by molar-refractivity contribution is 0.123. The highest BCUT2D eigenvalue weighted by Crippen LogP contribution is 2.29. The highest BCUT2D eigenvalue weighted by atomic mass is 16.5. The number of fused-ring (bicyclic) bond motifs is 1. The molecule has 2 aliphatic rings. The summed E-state index contributed by atoms with van der Waals surface area (Å²) in [4.78, 5) is 20.7. The largest absolute Gasteiger partial charge is 0.378 e. The molecule has 0 radical (unpaired) electrons. The van der Waals surface area contributed by atoms with E-state index < -0.39 is 0 Å². The van der Waals surface area contributed by atoms with E-state index in [1.54, 1.807) is 0 Å². The minimum absolute atomic E-state index is 0.602. The van der Waals surface area contributed by atoms with Crippen molar-refractivity contribution in [1.29, 1.82) is 0 Å². The third-order valence-corrected chi connectivity index (χ3v) is 7.31. The topological polar surface area (TPSA) is 78.3 Å². The summed E-state index contributed by atoms with van der Waals surface area (Å²) < 4.78 is 7.48. The van der Waals surface area contributed by atoms with Crippen LogP contribution in [0.25, 0.3) is 28.2 Å². The van der Waals surface area contributed by atoms with E-state index in [0.29, 0.717) is 6.04 Å². The number of morpholine rings is 1. The fraction of sp³-hybridized carbons (Fsp3) is 0.444. The number of aromatic nitrogens is 5. The fourth-order valence-corrected chi connectivity index (χ4v) is 5.25. The van der Waals surface area contributed by atoms with Crippen LogP contribution in [0.1, 0.15) is 17.8 Å². The van der Waals surface area contributed by atoms with Crippen LogP contribution >= 0.6 is 0 Å². The summed E-state index contributed by atoms with van der Waals surface area (Å²) >= 11 is 0. The molecule has 2 fully saturated rings. The Hall–Kier alpha value is -3.27. The van der Waals surface area contributed by atoms with Crippen LogP contribution < -0.4 is 4.90 Å². The number of hydrogen-bond acceptors (Lipinski definition) is 7. The molecule has 0 spiro atoms. The number of imidazole rings is 1. The van der Waals surface area contributed by atoms with Gasteiger partial charge in [0, 0.05) is 50.0 Å². The molecular formula is C27H34N8O. The summed E-state index contributed by atoms with van der Waals surface area (Å²) in [6.07, 6.45) is 3.18. The number of likely N-dealkylation sites (tertiary alicyclic amines) is 1. The number of rotatable bonds is 6. The number of ether oxygens (including phenoxy) is 1. The molecular weight excluding hydrogens is 452 g/mol. The van der Waals surface area contributed by atoms with E-state index in [9.17, 15) is 0 Å². The molecule has 2 aliphatic heterocycles. The van der Waals surface area contributed by atoms with Crippen LogP contribution in [0.15, 0.2) is 42.6 Å². The second-order valence-electron chi connectivity index (χ2n) is 10.1. The van der Waals surface area contributed by atoms with Gasteiger partial charge in [-0.2, -0.15) is 5.10 Å². The van der Waals surface area contributed by atoms with Crippen molar-refractivity contribution < 1.29 is 4.74 Å². The molecule has 0 aliphatic carbocycles. The molecule has 0 unspecified atom stereocenters. The second-order valence-corrected chi connectivity index (χ2v) is 10.1. The van der Waals surface area contributed by atoms with Crippen molar-refractivity contribution in [1.82, 2.24) is 34.5 Å². The molecule has 0 amide bonds. The third-order valence-electron chi connectivity index (χ3n) is 7.31. The van der Waals surface area contributed by atoms with E-state index in [2.05, 4.69) is 71.0 Å². The first-order valence-corrected chi connectivity index (χ1v) is 12.8. The molecule has 2 saturated heterocycles. The van der Waals surface area contributed by atoms with E-state index in [0.717, 1.165) is 85.7 Å². The monoisotopic (exact) mass is 486 g/mol. The maximum Gasteiger partial charge on any atom is 0.162 e. The Morgan fingerprint density at radius 1 is 1.08 bits per heavy atom. The second kappa shape index (κ2) is 9.65. The maximum absolute atomic E-state index is 5.62. The fourth-order valence-electron chi connectivity index (χ4n) is 5.25. The zero-order valence-corrected chi connectivity index (χ0v) is 21.3. The van der Waals surface area contributed by atoms with Crippen molar-refractivity contribution in [2.45, 2.75) is 25.9 Å². The van der Waals surface area contributed by atoms with Crippen LogP contribution in [0.5, 0.6) is 0 Å². The zero-order valence-electron chi connectivity index (χ0n) is 21.3. The molecule has 36 heavy (non-hydrogen) atoms. The van der Waals surface area contributed by atoms with Crippen molar-refractivity contribution in [3.8, 4) is 17.1 Å². The number of likely N-dealkylation sites (N-methyl/N-ethyl adjacent to an activating group) is 1. The van der Waals surface area contributed by atoms with Crippen molar-refractivity contribution in [3.63, 3.8) is 0 Å². The lowest BCUT2D eigenvalue weighted by Gasteiger charge is -2.29. The Bertz CT molecular complexity index is 1350. The van der Waals surface area contributed by atoms with E-state index in [4.69, 9.17) is 19.8 Å². The molecule has 9 nitrogen and oxygen atoms in total. The first-order valence-electron chi connectivity index (χ1n) is 12.8. The minimum atomic E-state index is 0.602.